The molecule has 1 aromatic carbocycles. The van der Waals surface area contributed by atoms with Crippen LogP contribution in [0.1, 0.15) is 17.4 Å². The van der Waals surface area contributed by atoms with Crippen molar-refractivity contribution in [3.05, 3.63) is 60.2 Å². The van der Waals surface area contributed by atoms with E-state index in [9.17, 15) is 9.18 Å². The number of benzene rings is 1. The van der Waals surface area contributed by atoms with E-state index in [1.54, 1.807) is 43.5 Å². The van der Waals surface area contributed by atoms with Crippen molar-refractivity contribution < 1.29 is 18.3 Å². The number of hydrogen-bond donors (Lipinski definition) is 1. The molecule has 2 heterocycles. The molecule has 0 fully saturated rings. The summed E-state index contributed by atoms with van der Waals surface area (Å²) in [4.78, 5) is 15.2. The van der Waals surface area contributed by atoms with Crippen LogP contribution in [0.3, 0.4) is 0 Å². The second-order valence-electron chi connectivity index (χ2n) is 4.68. The van der Waals surface area contributed by atoms with Gasteiger partial charge in [-0.1, -0.05) is 12.1 Å². The number of H-pyrrole nitrogens is 1. The first-order chi connectivity index (χ1) is 10.7. The molecule has 0 aliphatic carbocycles. The van der Waals surface area contributed by atoms with Crippen molar-refractivity contribution in [2.75, 3.05) is 6.61 Å². The highest BCUT2D eigenvalue weighted by Gasteiger charge is 2.19. The van der Waals surface area contributed by atoms with Gasteiger partial charge in [0.25, 0.3) is 0 Å². The van der Waals surface area contributed by atoms with Crippen molar-refractivity contribution in [2.45, 2.75) is 6.92 Å². The van der Waals surface area contributed by atoms with Gasteiger partial charge in [-0.2, -0.15) is 0 Å². The van der Waals surface area contributed by atoms with Gasteiger partial charge >= 0.3 is 5.97 Å². The Bertz CT molecular complexity index is 773. The van der Waals surface area contributed by atoms with Crippen molar-refractivity contribution in [1.29, 1.82) is 0 Å². The van der Waals surface area contributed by atoms with Crippen LogP contribution >= 0.6 is 0 Å². The zero-order valence-electron chi connectivity index (χ0n) is 11.9. The largest absolute Gasteiger partial charge is 0.463 e. The number of rotatable bonds is 4. The van der Waals surface area contributed by atoms with Crippen LogP contribution in [-0.2, 0) is 4.74 Å². The lowest BCUT2D eigenvalue weighted by Crippen LogP contribution is -2.06. The molecule has 0 amide bonds. The van der Waals surface area contributed by atoms with E-state index in [-0.39, 0.29) is 12.4 Å². The fourth-order valence-electron chi connectivity index (χ4n) is 2.24. The topological polar surface area (TPSA) is 55.2 Å². The molecule has 22 heavy (non-hydrogen) atoms. The van der Waals surface area contributed by atoms with Crippen LogP contribution in [-0.4, -0.2) is 17.6 Å². The third-order valence-electron chi connectivity index (χ3n) is 3.24. The zero-order valence-corrected chi connectivity index (χ0v) is 11.9. The first kappa shape index (κ1) is 14.1. The Balaban J connectivity index is 2.10. The standard InChI is InChI=1S/C17H14FNO3/c1-2-21-17(20)16-13(11-5-7-12(18)8-6-11)10-14(19-16)15-4-3-9-22-15/h3-10,19H,2H2,1H3. The quantitative estimate of drug-likeness (QED) is 0.732. The molecule has 0 saturated heterocycles. The molecule has 3 aromatic rings. The predicted octanol–water partition coefficient (Wildman–Crippen LogP) is 4.26. The van der Waals surface area contributed by atoms with E-state index in [1.165, 1.54) is 12.1 Å². The average molecular weight is 299 g/mol. The molecule has 5 heteroatoms. The van der Waals surface area contributed by atoms with Gasteiger partial charge in [-0.25, -0.2) is 9.18 Å². The van der Waals surface area contributed by atoms with Gasteiger partial charge in [-0.15, -0.1) is 0 Å². The summed E-state index contributed by atoms with van der Waals surface area (Å²) in [5, 5.41) is 0. The monoisotopic (exact) mass is 299 g/mol. The van der Waals surface area contributed by atoms with Crippen LogP contribution in [0.2, 0.25) is 0 Å². The Morgan fingerprint density at radius 1 is 1.27 bits per heavy atom. The number of esters is 1. The van der Waals surface area contributed by atoms with Crippen molar-refractivity contribution in [2.24, 2.45) is 0 Å². The maximum Gasteiger partial charge on any atom is 0.355 e. The van der Waals surface area contributed by atoms with Crippen molar-refractivity contribution in [1.82, 2.24) is 4.98 Å². The van der Waals surface area contributed by atoms with Gasteiger partial charge in [-0.05, 0) is 42.8 Å². The van der Waals surface area contributed by atoms with Crippen molar-refractivity contribution in [3.8, 4) is 22.6 Å². The fourth-order valence-corrected chi connectivity index (χ4v) is 2.24. The van der Waals surface area contributed by atoms with Gasteiger partial charge in [0.1, 0.15) is 17.3 Å². The number of aromatic nitrogens is 1. The second-order valence-corrected chi connectivity index (χ2v) is 4.68. The Labute approximate surface area is 126 Å². The Kier molecular flexibility index (Phi) is 3.78. The fraction of sp³-hybridized carbons (Fsp3) is 0.118. The van der Waals surface area contributed by atoms with Crippen LogP contribution < -0.4 is 0 Å². The molecular formula is C17H14FNO3. The second kappa shape index (κ2) is 5.89. The molecule has 4 nitrogen and oxygen atoms in total. The van der Waals surface area contributed by atoms with E-state index in [0.717, 1.165) is 5.56 Å². The van der Waals surface area contributed by atoms with Gasteiger partial charge in [0.15, 0.2) is 0 Å². The molecule has 112 valence electrons. The van der Waals surface area contributed by atoms with Gasteiger partial charge in [0, 0.05) is 5.56 Å². The van der Waals surface area contributed by atoms with E-state index in [2.05, 4.69) is 4.98 Å². The third kappa shape index (κ3) is 2.65. The number of furan rings is 1. The number of aromatic amines is 1. The smallest absolute Gasteiger partial charge is 0.355 e. The molecule has 0 saturated carbocycles. The van der Waals surface area contributed by atoms with Crippen LogP contribution in [0.25, 0.3) is 22.6 Å². The molecule has 0 aliphatic heterocycles. The highest BCUT2D eigenvalue weighted by Crippen LogP contribution is 2.30. The number of carbonyl (C=O) groups is 1. The minimum atomic E-state index is -0.459. The minimum absolute atomic E-state index is 0.275. The molecule has 2 aromatic heterocycles. The average Bonchev–Trinajstić information content (AvgIpc) is 3.17. The number of ether oxygens (including phenoxy) is 1. The third-order valence-corrected chi connectivity index (χ3v) is 3.24. The highest BCUT2D eigenvalue weighted by atomic mass is 19.1. The molecule has 0 spiro atoms. The summed E-state index contributed by atoms with van der Waals surface area (Å²) in [6.45, 7) is 2.02. The van der Waals surface area contributed by atoms with Gasteiger partial charge < -0.3 is 14.1 Å². The van der Waals surface area contributed by atoms with Crippen LogP contribution in [0.15, 0.2) is 53.1 Å². The van der Waals surface area contributed by atoms with E-state index < -0.39 is 5.97 Å². The van der Waals surface area contributed by atoms with E-state index in [1.807, 2.05) is 0 Å². The van der Waals surface area contributed by atoms with Crippen LogP contribution in [0.4, 0.5) is 4.39 Å². The molecular weight excluding hydrogens is 285 g/mol. The van der Waals surface area contributed by atoms with Crippen LogP contribution in [0, 0.1) is 5.82 Å². The van der Waals surface area contributed by atoms with Crippen molar-refractivity contribution in [3.63, 3.8) is 0 Å². The first-order valence-corrected chi connectivity index (χ1v) is 6.89. The molecule has 0 bridgehead atoms. The van der Waals surface area contributed by atoms with E-state index in [4.69, 9.17) is 9.15 Å². The Morgan fingerprint density at radius 3 is 2.68 bits per heavy atom. The van der Waals surface area contributed by atoms with Gasteiger partial charge in [0.2, 0.25) is 0 Å². The molecule has 3 rings (SSSR count). The summed E-state index contributed by atoms with van der Waals surface area (Å²) in [5.74, 6) is -0.179. The minimum Gasteiger partial charge on any atom is -0.463 e. The first-order valence-electron chi connectivity index (χ1n) is 6.89. The van der Waals surface area contributed by atoms with Gasteiger partial charge in [-0.3, -0.25) is 0 Å². The number of carbonyl (C=O) groups excluding carboxylic acids is 1. The lowest BCUT2D eigenvalue weighted by molar-refractivity contribution is 0.0521. The molecule has 0 atom stereocenters. The number of halogens is 1. The number of hydrogen-bond acceptors (Lipinski definition) is 3. The molecule has 1 N–H and O–H groups in total. The lowest BCUT2D eigenvalue weighted by Gasteiger charge is -2.04. The SMILES string of the molecule is CCOC(=O)c1[nH]c(-c2ccco2)cc1-c1ccc(F)cc1. The molecule has 0 radical (unpaired) electrons. The molecule has 0 aliphatic rings. The normalized spacial score (nSPS) is 10.6. The maximum atomic E-state index is 13.1. The summed E-state index contributed by atoms with van der Waals surface area (Å²) >= 11 is 0. The zero-order chi connectivity index (χ0) is 15.5. The Hall–Kier alpha value is -2.82. The Morgan fingerprint density at radius 2 is 2.05 bits per heavy atom. The van der Waals surface area contributed by atoms with E-state index >= 15 is 0 Å². The van der Waals surface area contributed by atoms with Crippen molar-refractivity contribution >= 4 is 5.97 Å². The number of nitrogens with one attached hydrogen (secondary N) is 1. The summed E-state index contributed by atoms with van der Waals surface area (Å²) in [6, 6.07) is 11.3. The van der Waals surface area contributed by atoms with E-state index in [0.29, 0.717) is 22.7 Å². The maximum absolute atomic E-state index is 13.1. The summed E-state index contributed by atoms with van der Waals surface area (Å²) < 4.78 is 23.5. The molecule has 0 unspecified atom stereocenters. The summed E-state index contributed by atoms with van der Waals surface area (Å²) in [7, 11) is 0. The van der Waals surface area contributed by atoms with Gasteiger partial charge in [0.05, 0.1) is 18.6 Å². The lowest BCUT2D eigenvalue weighted by atomic mass is 10.1. The predicted molar refractivity (Wildman–Crippen MR) is 79.8 cm³/mol. The highest BCUT2D eigenvalue weighted by molar-refractivity contribution is 5.97. The summed E-state index contributed by atoms with van der Waals surface area (Å²) in [6.07, 6.45) is 1.55. The van der Waals surface area contributed by atoms with Crippen LogP contribution in [0.5, 0.6) is 0 Å². The summed E-state index contributed by atoms with van der Waals surface area (Å²) in [5.41, 5.74) is 2.34.